The Bertz CT molecular complexity index is 624. The predicted octanol–water partition coefficient (Wildman–Crippen LogP) is 4.04. The second-order valence-corrected chi connectivity index (χ2v) is 7.77. The molecule has 0 radical (unpaired) electrons. The summed E-state index contributed by atoms with van der Waals surface area (Å²) in [5, 5.41) is 19.0. The molecule has 0 amide bonds. The summed E-state index contributed by atoms with van der Waals surface area (Å²) in [7, 11) is 0. The van der Waals surface area contributed by atoms with Gasteiger partial charge < -0.3 is 14.6 Å². The third-order valence-electron chi connectivity index (χ3n) is 5.98. The summed E-state index contributed by atoms with van der Waals surface area (Å²) in [6.45, 7) is 3.09. The molecule has 2 aliphatic rings. The molecule has 0 aromatic heterocycles. The summed E-state index contributed by atoms with van der Waals surface area (Å²) in [5.41, 5.74) is 2.59. The molecule has 1 aliphatic carbocycles. The van der Waals surface area contributed by atoms with Crippen LogP contribution in [0.15, 0.2) is 18.2 Å². The minimum atomic E-state index is -0.189. The average molecular weight is 357 g/mol. The van der Waals surface area contributed by atoms with Gasteiger partial charge in [0.25, 0.3) is 0 Å². The van der Waals surface area contributed by atoms with Gasteiger partial charge in [-0.15, -0.1) is 0 Å². The number of ether oxygens (including phenoxy) is 2. The quantitative estimate of drug-likeness (QED) is 0.678. The maximum atomic E-state index is 10.2. The number of nitrogens with zero attached hydrogens (tertiary/aromatic N) is 1. The lowest BCUT2D eigenvalue weighted by Crippen LogP contribution is -2.29. The first-order valence-corrected chi connectivity index (χ1v) is 10.1. The number of fused-ring (bicyclic) bond motifs is 2. The summed E-state index contributed by atoms with van der Waals surface area (Å²) >= 11 is 0. The molecule has 1 fully saturated rings. The Balaban J connectivity index is 1.57. The molecule has 1 aliphatic heterocycles. The Hall–Kier alpha value is -1.57. The Labute approximate surface area is 157 Å². The highest BCUT2D eigenvalue weighted by Crippen LogP contribution is 2.42. The van der Waals surface area contributed by atoms with Crippen LogP contribution in [0.4, 0.5) is 0 Å². The zero-order valence-electron chi connectivity index (χ0n) is 15.8. The van der Waals surface area contributed by atoms with Crippen LogP contribution in [0.5, 0.6) is 5.75 Å². The van der Waals surface area contributed by atoms with Crippen molar-refractivity contribution in [2.75, 3.05) is 13.2 Å². The van der Waals surface area contributed by atoms with E-state index in [1.54, 1.807) is 0 Å². The van der Waals surface area contributed by atoms with Crippen LogP contribution >= 0.6 is 0 Å². The van der Waals surface area contributed by atoms with Crippen molar-refractivity contribution >= 4 is 0 Å². The lowest BCUT2D eigenvalue weighted by atomic mass is 9.74. The van der Waals surface area contributed by atoms with E-state index in [9.17, 15) is 5.11 Å². The minimum Gasteiger partial charge on any atom is -0.478 e. The smallest absolute Gasteiger partial charge is 0.174 e. The van der Waals surface area contributed by atoms with E-state index in [0.717, 1.165) is 50.9 Å². The molecule has 142 valence electrons. The maximum Gasteiger partial charge on any atom is 0.174 e. The molecule has 4 heteroatoms. The van der Waals surface area contributed by atoms with Gasteiger partial charge in [0, 0.05) is 0 Å². The highest BCUT2D eigenvalue weighted by atomic mass is 16.5. The molecule has 1 N–H and O–H groups in total. The van der Waals surface area contributed by atoms with Gasteiger partial charge in [-0.3, -0.25) is 0 Å². The van der Waals surface area contributed by atoms with Crippen molar-refractivity contribution in [1.29, 1.82) is 5.26 Å². The van der Waals surface area contributed by atoms with Gasteiger partial charge in [-0.25, -0.2) is 0 Å². The maximum absolute atomic E-state index is 10.2. The Morgan fingerprint density at radius 2 is 2.19 bits per heavy atom. The third kappa shape index (κ3) is 4.58. The number of hydrogen-bond acceptors (Lipinski definition) is 4. The molecular formula is C22H31NO3. The molecule has 1 saturated heterocycles. The normalized spacial score (nSPS) is 25.2. The molecule has 3 rings (SSSR count). The van der Waals surface area contributed by atoms with E-state index in [-0.39, 0.29) is 18.8 Å². The van der Waals surface area contributed by atoms with Crippen molar-refractivity contribution in [1.82, 2.24) is 0 Å². The Morgan fingerprint density at radius 1 is 1.31 bits per heavy atom. The van der Waals surface area contributed by atoms with E-state index < -0.39 is 0 Å². The van der Waals surface area contributed by atoms with Gasteiger partial charge in [0.15, 0.2) is 6.61 Å². The molecule has 0 spiro atoms. The number of aliphatic hydroxyl groups excluding tert-OH is 1. The molecule has 1 aromatic rings. The number of benzene rings is 1. The van der Waals surface area contributed by atoms with Gasteiger partial charge in [0.2, 0.25) is 0 Å². The first-order valence-electron chi connectivity index (χ1n) is 10.1. The van der Waals surface area contributed by atoms with Crippen LogP contribution in [0, 0.1) is 23.2 Å². The molecule has 0 saturated carbocycles. The highest BCUT2D eigenvalue weighted by molar-refractivity contribution is 5.43. The van der Waals surface area contributed by atoms with E-state index in [4.69, 9.17) is 14.7 Å². The van der Waals surface area contributed by atoms with Crippen LogP contribution in [0.3, 0.4) is 0 Å². The SMILES string of the molecule is CCCCCC(O)CCC1OCC2Cc3c(cccc3OCC#N)CC21. The van der Waals surface area contributed by atoms with Crippen molar-refractivity contribution in [2.45, 2.75) is 70.5 Å². The van der Waals surface area contributed by atoms with Gasteiger partial charge in [0.1, 0.15) is 11.8 Å². The van der Waals surface area contributed by atoms with Gasteiger partial charge in [-0.2, -0.15) is 5.26 Å². The van der Waals surface area contributed by atoms with Crippen molar-refractivity contribution in [2.24, 2.45) is 11.8 Å². The molecule has 4 nitrogen and oxygen atoms in total. The molecule has 26 heavy (non-hydrogen) atoms. The van der Waals surface area contributed by atoms with Crippen LogP contribution in [0.25, 0.3) is 0 Å². The lowest BCUT2D eigenvalue weighted by molar-refractivity contribution is 0.0616. The fraction of sp³-hybridized carbons (Fsp3) is 0.682. The summed E-state index contributed by atoms with van der Waals surface area (Å²) in [6.07, 6.45) is 8.28. The molecule has 1 heterocycles. The zero-order chi connectivity index (χ0) is 18.4. The monoisotopic (exact) mass is 357 g/mol. The first-order chi connectivity index (χ1) is 12.7. The Morgan fingerprint density at radius 3 is 3.00 bits per heavy atom. The van der Waals surface area contributed by atoms with Crippen molar-refractivity contribution < 1.29 is 14.6 Å². The first kappa shape index (κ1) is 19.2. The fourth-order valence-electron chi connectivity index (χ4n) is 4.53. The fourth-order valence-corrected chi connectivity index (χ4v) is 4.53. The van der Waals surface area contributed by atoms with E-state index in [1.807, 2.05) is 12.1 Å². The van der Waals surface area contributed by atoms with E-state index in [2.05, 4.69) is 19.1 Å². The van der Waals surface area contributed by atoms with Crippen LogP contribution in [-0.2, 0) is 17.6 Å². The number of aliphatic hydroxyl groups is 1. The highest BCUT2D eigenvalue weighted by Gasteiger charge is 2.40. The minimum absolute atomic E-state index is 0.0968. The van der Waals surface area contributed by atoms with Crippen LogP contribution in [0.2, 0.25) is 0 Å². The average Bonchev–Trinajstić information content (AvgIpc) is 3.05. The molecule has 1 aromatic carbocycles. The number of nitriles is 1. The zero-order valence-corrected chi connectivity index (χ0v) is 15.8. The van der Waals surface area contributed by atoms with Crippen LogP contribution in [0.1, 0.15) is 56.6 Å². The van der Waals surface area contributed by atoms with E-state index in [1.165, 1.54) is 24.0 Å². The van der Waals surface area contributed by atoms with Gasteiger partial charge >= 0.3 is 0 Å². The molecular weight excluding hydrogens is 326 g/mol. The topological polar surface area (TPSA) is 62.5 Å². The summed E-state index contributed by atoms with van der Waals surface area (Å²) in [6, 6.07) is 8.22. The van der Waals surface area contributed by atoms with E-state index in [0.29, 0.717) is 11.8 Å². The summed E-state index contributed by atoms with van der Waals surface area (Å²) < 4.78 is 11.7. The second-order valence-electron chi connectivity index (χ2n) is 7.77. The third-order valence-corrected chi connectivity index (χ3v) is 5.98. The lowest BCUT2D eigenvalue weighted by Gasteiger charge is -2.30. The standard InChI is InChI=1S/C22H31NO3/c1-2-3-4-7-18(24)9-10-22-20-13-16-6-5-8-21(25-12-11-23)19(16)14-17(20)15-26-22/h5-6,8,17-18,20,22,24H,2-4,7,9-10,12-15H2,1H3. The molecule has 4 atom stereocenters. The summed E-state index contributed by atoms with van der Waals surface area (Å²) in [4.78, 5) is 0. The van der Waals surface area contributed by atoms with Gasteiger partial charge in [0.05, 0.1) is 18.8 Å². The van der Waals surface area contributed by atoms with Crippen molar-refractivity contribution in [3.8, 4) is 11.8 Å². The number of hydrogen-bond donors (Lipinski definition) is 1. The second kappa shape index (κ2) is 9.39. The largest absolute Gasteiger partial charge is 0.478 e. The Kier molecular flexibility index (Phi) is 6.93. The summed E-state index contributed by atoms with van der Waals surface area (Å²) in [5.74, 6) is 1.92. The number of unbranched alkanes of at least 4 members (excludes halogenated alkanes) is 2. The van der Waals surface area contributed by atoms with Crippen LogP contribution < -0.4 is 4.74 Å². The van der Waals surface area contributed by atoms with E-state index >= 15 is 0 Å². The van der Waals surface area contributed by atoms with Crippen molar-refractivity contribution in [3.05, 3.63) is 29.3 Å². The predicted molar refractivity (Wildman–Crippen MR) is 101 cm³/mol. The molecule has 0 bridgehead atoms. The van der Waals surface area contributed by atoms with Crippen molar-refractivity contribution in [3.63, 3.8) is 0 Å². The number of rotatable bonds is 9. The van der Waals surface area contributed by atoms with Gasteiger partial charge in [-0.1, -0.05) is 38.3 Å². The van der Waals surface area contributed by atoms with Gasteiger partial charge in [-0.05, 0) is 61.1 Å². The van der Waals surface area contributed by atoms with Crippen LogP contribution in [-0.4, -0.2) is 30.5 Å². The molecule has 4 unspecified atom stereocenters.